The van der Waals surface area contributed by atoms with E-state index in [0.717, 1.165) is 44.3 Å². The number of fused-ring (bicyclic) bond motifs is 1. The molecule has 156 valence electrons. The number of hydrogen-bond acceptors (Lipinski definition) is 6. The molecule has 1 aliphatic heterocycles. The summed E-state index contributed by atoms with van der Waals surface area (Å²) < 4.78 is 5.54. The molecule has 0 unspecified atom stereocenters. The van der Waals surface area contributed by atoms with Crippen molar-refractivity contribution >= 4 is 33.8 Å². The van der Waals surface area contributed by atoms with Gasteiger partial charge >= 0.3 is 0 Å². The molecule has 4 rings (SSSR count). The molecule has 2 aromatic rings. The fourth-order valence-electron chi connectivity index (χ4n) is 3.90. The van der Waals surface area contributed by atoms with Crippen molar-refractivity contribution in [2.24, 2.45) is 0 Å². The molecule has 1 saturated heterocycles. The predicted molar refractivity (Wildman–Crippen MR) is 116 cm³/mol. The average molecular weight is 425 g/mol. The summed E-state index contributed by atoms with van der Waals surface area (Å²) in [6, 6.07) is 9.33. The van der Waals surface area contributed by atoms with Crippen LogP contribution in [-0.2, 0) is 22.4 Å². The number of aryl methyl sites for hydroxylation is 1. The van der Waals surface area contributed by atoms with E-state index < -0.39 is 0 Å². The van der Waals surface area contributed by atoms with Gasteiger partial charge in [-0.2, -0.15) is 5.26 Å². The Labute approximate surface area is 179 Å². The number of anilines is 2. The third kappa shape index (κ3) is 4.48. The third-order valence-corrected chi connectivity index (χ3v) is 6.62. The Hall–Kier alpha value is -2.89. The third-order valence-electron chi connectivity index (χ3n) is 5.41. The van der Waals surface area contributed by atoms with Crippen molar-refractivity contribution in [1.29, 1.82) is 5.26 Å². The van der Waals surface area contributed by atoms with Crippen LogP contribution in [0.2, 0.25) is 0 Å². The smallest absolute Gasteiger partial charge is 0.253 e. The van der Waals surface area contributed by atoms with Crippen LogP contribution in [0, 0.1) is 11.3 Å². The van der Waals surface area contributed by atoms with Crippen LogP contribution in [0.1, 0.15) is 45.6 Å². The van der Waals surface area contributed by atoms with E-state index in [1.165, 1.54) is 16.2 Å². The van der Waals surface area contributed by atoms with E-state index in [1.54, 1.807) is 18.2 Å². The van der Waals surface area contributed by atoms with Crippen molar-refractivity contribution in [3.63, 3.8) is 0 Å². The highest BCUT2D eigenvalue weighted by Crippen LogP contribution is 2.38. The highest BCUT2D eigenvalue weighted by Gasteiger charge is 2.23. The lowest BCUT2D eigenvalue weighted by Gasteiger charge is -2.14. The Morgan fingerprint density at radius 2 is 2.10 bits per heavy atom. The molecule has 8 heteroatoms. The summed E-state index contributed by atoms with van der Waals surface area (Å²) in [5.74, 6) is -0.448. The van der Waals surface area contributed by atoms with Gasteiger partial charge in [0.15, 0.2) is 0 Å². The zero-order valence-electron chi connectivity index (χ0n) is 16.6. The van der Waals surface area contributed by atoms with Crippen molar-refractivity contribution in [1.82, 2.24) is 5.32 Å². The quantitative estimate of drug-likeness (QED) is 0.634. The van der Waals surface area contributed by atoms with Crippen molar-refractivity contribution in [3.8, 4) is 6.07 Å². The number of carbonyl (C=O) groups excluding carboxylic acids is 2. The number of ether oxygens (including phenoxy) is 1. The Morgan fingerprint density at radius 3 is 2.90 bits per heavy atom. The molecule has 0 saturated carbocycles. The van der Waals surface area contributed by atoms with E-state index in [4.69, 9.17) is 4.74 Å². The number of nitrogens with one attached hydrogen (secondary N) is 3. The number of rotatable bonds is 7. The Balaban J connectivity index is 1.35. The van der Waals surface area contributed by atoms with Gasteiger partial charge in [-0.1, -0.05) is 12.1 Å². The lowest BCUT2D eigenvalue weighted by molar-refractivity contribution is -0.114. The zero-order valence-corrected chi connectivity index (χ0v) is 17.4. The van der Waals surface area contributed by atoms with Crippen LogP contribution in [-0.4, -0.2) is 37.6 Å². The maximum atomic E-state index is 12.6. The number of benzene rings is 1. The SMILES string of the molecule is N#Cc1c(NC(=O)CNc2ccccc2C(=O)NC[C@@H]2CCCO2)sc2c1CCC2. The standard InChI is InChI=1S/C22H24N4O3S/c23-11-17-15-7-3-9-19(15)30-22(17)26-20(27)13-24-18-8-2-1-6-16(18)21(28)25-12-14-5-4-10-29-14/h1-2,6,8,14,24H,3-5,7,9-10,12-13H2,(H,25,28)(H,26,27)/t14-/m0/s1. The van der Waals surface area contributed by atoms with Gasteiger partial charge in [0.2, 0.25) is 5.91 Å². The summed E-state index contributed by atoms with van der Waals surface area (Å²) in [5, 5.41) is 18.9. The molecular formula is C22H24N4O3S. The largest absolute Gasteiger partial charge is 0.376 e. The highest BCUT2D eigenvalue weighted by atomic mass is 32.1. The molecule has 30 heavy (non-hydrogen) atoms. The number of hydrogen-bond donors (Lipinski definition) is 3. The monoisotopic (exact) mass is 424 g/mol. The first-order chi connectivity index (χ1) is 14.7. The van der Waals surface area contributed by atoms with Gasteiger partial charge < -0.3 is 20.7 Å². The van der Waals surface area contributed by atoms with E-state index >= 15 is 0 Å². The molecular weight excluding hydrogens is 400 g/mol. The van der Waals surface area contributed by atoms with Crippen LogP contribution in [0.15, 0.2) is 24.3 Å². The molecule has 7 nitrogen and oxygen atoms in total. The van der Waals surface area contributed by atoms with Crippen LogP contribution in [0.3, 0.4) is 0 Å². The molecule has 1 fully saturated rings. The number of amides is 2. The maximum absolute atomic E-state index is 12.6. The molecule has 1 aromatic carbocycles. The summed E-state index contributed by atoms with van der Waals surface area (Å²) in [7, 11) is 0. The Bertz CT molecular complexity index is 989. The number of nitrogens with zero attached hydrogens (tertiary/aromatic N) is 1. The van der Waals surface area contributed by atoms with Crippen LogP contribution in [0.4, 0.5) is 10.7 Å². The fraction of sp³-hybridized carbons (Fsp3) is 0.409. The molecule has 3 N–H and O–H groups in total. The van der Waals surface area contributed by atoms with Crippen molar-refractivity contribution < 1.29 is 14.3 Å². The minimum Gasteiger partial charge on any atom is -0.376 e. The summed E-state index contributed by atoms with van der Waals surface area (Å²) in [5.41, 5.74) is 2.75. The number of nitriles is 1. The molecule has 0 bridgehead atoms. The minimum absolute atomic E-state index is 0.00344. The summed E-state index contributed by atoms with van der Waals surface area (Å²) in [4.78, 5) is 26.2. The molecule has 0 spiro atoms. The van der Waals surface area contributed by atoms with Crippen LogP contribution in [0.25, 0.3) is 0 Å². The van der Waals surface area contributed by atoms with Crippen LogP contribution < -0.4 is 16.0 Å². The van der Waals surface area contributed by atoms with Gasteiger partial charge in [0, 0.05) is 23.7 Å². The second-order valence-corrected chi connectivity index (χ2v) is 8.57. The lowest BCUT2D eigenvalue weighted by atomic mass is 10.1. The molecule has 1 atom stereocenters. The van der Waals surface area contributed by atoms with E-state index in [9.17, 15) is 14.9 Å². The number of carbonyl (C=O) groups is 2. The minimum atomic E-state index is -0.249. The predicted octanol–water partition coefficient (Wildman–Crippen LogP) is 3.07. The van der Waals surface area contributed by atoms with Gasteiger partial charge in [-0.05, 0) is 49.8 Å². The van der Waals surface area contributed by atoms with Crippen LogP contribution in [0.5, 0.6) is 0 Å². The topological polar surface area (TPSA) is 103 Å². The highest BCUT2D eigenvalue weighted by molar-refractivity contribution is 7.16. The normalized spacial score (nSPS) is 17.2. The molecule has 2 amide bonds. The molecule has 2 aliphatic rings. The van der Waals surface area contributed by atoms with Gasteiger partial charge in [-0.15, -0.1) is 11.3 Å². The Kier molecular flexibility index (Phi) is 6.31. The maximum Gasteiger partial charge on any atom is 0.253 e. The van der Waals surface area contributed by atoms with Gasteiger partial charge in [-0.25, -0.2) is 0 Å². The van der Waals surface area contributed by atoms with Crippen molar-refractivity contribution in [2.45, 2.75) is 38.2 Å². The molecule has 2 heterocycles. The summed E-state index contributed by atoms with van der Waals surface area (Å²) in [6.45, 7) is 1.23. The van der Waals surface area contributed by atoms with Gasteiger partial charge in [-0.3, -0.25) is 9.59 Å². The molecule has 0 radical (unpaired) electrons. The molecule has 1 aromatic heterocycles. The average Bonchev–Trinajstić information content (AvgIpc) is 3.48. The first-order valence-corrected chi connectivity index (χ1v) is 11.0. The number of para-hydroxylation sites is 1. The van der Waals surface area contributed by atoms with E-state index in [-0.39, 0.29) is 24.5 Å². The first kappa shape index (κ1) is 20.4. The van der Waals surface area contributed by atoms with Gasteiger partial charge in [0.1, 0.15) is 11.1 Å². The fourth-order valence-corrected chi connectivity index (χ4v) is 5.16. The van der Waals surface area contributed by atoms with E-state index in [1.807, 2.05) is 6.07 Å². The van der Waals surface area contributed by atoms with Crippen molar-refractivity contribution in [2.75, 3.05) is 30.3 Å². The lowest BCUT2D eigenvalue weighted by Crippen LogP contribution is -2.32. The van der Waals surface area contributed by atoms with E-state index in [2.05, 4.69) is 22.0 Å². The Morgan fingerprint density at radius 1 is 1.23 bits per heavy atom. The van der Waals surface area contributed by atoms with Crippen molar-refractivity contribution in [3.05, 3.63) is 45.8 Å². The van der Waals surface area contributed by atoms with Crippen LogP contribution >= 0.6 is 11.3 Å². The van der Waals surface area contributed by atoms with E-state index in [0.29, 0.717) is 28.4 Å². The number of thiophene rings is 1. The van der Waals surface area contributed by atoms with Gasteiger partial charge in [0.05, 0.1) is 23.8 Å². The zero-order chi connectivity index (χ0) is 20.9. The second-order valence-electron chi connectivity index (χ2n) is 7.47. The van der Waals surface area contributed by atoms with Gasteiger partial charge in [0.25, 0.3) is 5.91 Å². The second kappa shape index (κ2) is 9.28. The summed E-state index contributed by atoms with van der Waals surface area (Å²) in [6.07, 6.45) is 4.99. The first-order valence-electron chi connectivity index (χ1n) is 10.2. The molecule has 1 aliphatic carbocycles. The summed E-state index contributed by atoms with van der Waals surface area (Å²) >= 11 is 1.49.